The van der Waals surface area contributed by atoms with Gasteiger partial charge in [0.25, 0.3) is 0 Å². The van der Waals surface area contributed by atoms with E-state index in [2.05, 4.69) is 5.32 Å². The molecule has 1 atom stereocenters. The Kier molecular flexibility index (Phi) is 3.52. The van der Waals surface area contributed by atoms with Crippen LogP contribution in [-0.2, 0) is 9.59 Å². The summed E-state index contributed by atoms with van der Waals surface area (Å²) in [5, 5.41) is 2.88. The molecular weight excluding hydrogens is 259 g/mol. The van der Waals surface area contributed by atoms with E-state index >= 15 is 0 Å². The van der Waals surface area contributed by atoms with Crippen molar-refractivity contribution in [2.24, 2.45) is 0 Å². The van der Waals surface area contributed by atoms with Crippen molar-refractivity contribution >= 4 is 29.1 Å². The molecule has 4 nitrogen and oxygen atoms in total. The average Bonchev–Trinajstić information content (AvgIpc) is 2.35. The van der Waals surface area contributed by atoms with Gasteiger partial charge < -0.3 is 5.32 Å². The molecule has 0 radical (unpaired) electrons. The quantitative estimate of drug-likeness (QED) is 0.890. The van der Waals surface area contributed by atoms with Gasteiger partial charge in [0.1, 0.15) is 18.4 Å². The Labute approximate surface area is 109 Å². The molecule has 1 aliphatic heterocycles. The summed E-state index contributed by atoms with van der Waals surface area (Å²) in [6.45, 7) is 1.59. The van der Waals surface area contributed by atoms with Crippen molar-refractivity contribution in [3.63, 3.8) is 0 Å². The average molecular weight is 271 g/mol. The predicted octanol–water partition coefficient (Wildman–Crippen LogP) is 1.72. The van der Waals surface area contributed by atoms with E-state index in [1.165, 1.54) is 18.2 Å². The minimum absolute atomic E-state index is 0.0424. The lowest BCUT2D eigenvalue weighted by Gasteiger charge is -2.32. The van der Waals surface area contributed by atoms with E-state index in [4.69, 9.17) is 11.6 Å². The van der Waals surface area contributed by atoms with Gasteiger partial charge >= 0.3 is 0 Å². The first-order valence-corrected chi connectivity index (χ1v) is 5.96. The van der Waals surface area contributed by atoms with Gasteiger partial charge in [-0.3, -0.25) is 14.5 Å². The van der Waals surface area contributed by atoms with E-state index in [9.17, 15) is 14.0 Å². The van der Waals surface area contributed by atoms with Crippen LogP contribution in [0.5, 0.6) is 0 Å². The Morgan fingerprint density at radius 3 is 2.89 bits per heavy atom. The first-order valence-electron chi connectivity index (χ1n) is 5.58. The second-order valence-corrected chi connectivity index (χ2v) is 4.48. The number of halogens is 2. The second kappa shape index (κ2) is 4.94. The highest BCUT2D eigenvalue weighted by atomic mass is 35.5. The molecule has 96 valence electrons. The topological polar surface area (TPSA) is 49.4 Å². The van der Waals surface area contributed by atoms with Crippen molar-refractivity contribution in [3.8, 4) is 0 Å². The highest BCUT2D eigenvalue weighted by Crippen LogP contribution is 2.25. The van der Waals surface area contributed by atoms with E-state index in [-0.39, 0.29) is 24.0 Å². The molecule has 1 aromatic rings. The summed E-state index contributed by atoms with van der Waals surface area (Å²) in [5.41, 5.74) is 0.0424. The van der Waals surface area contributed by atoms with Crippen LogP contribution in [0, 0.1) is 5.82 Å². The zero-order valence-corrected chi connectivity index (χ0v) is 10.5. The maximum absolute atomic E-state index is 13.7. The van der Waals surface area contributed by atoms with Crippen LogP contribution in [-0.4, -0.2) is 24.4 Å². The predicted molar refractivity (Wildman–Crippen MR) is 66.0 cm³/mol. The third-order valence-corrected chi connectivity index (χ3v) is 3.04. The Bertz CT molecular complexity index is 507. The van der Waals surface area contributed by atoms with Crippen LogP contribution >= 0.6 is 11.6 Å². The lowest BCUT2D eigenvalue weighted by Crippen LogP contribution is -2.58. The molecule has 2 amide bonds. The molecule has 0 spiro atoms. The van der Waals surface area contributed by atoms with Crippen LogP contribution in [0.25, 0.3) is 0 Å². The Morgan fingerprint density at radius 2 is 2.22 bits per heavy atom. The summed E-state index contributed by atoms with van der Waals surface area (Å²) in [4.78, 5) is 24.7. The van der Waals surface area contributed by atoms with Crippen LogP contribution in [0.4, 0.5) is 10.1 Å². The van der Waals surface area contributed by atoms with E-state index in [0.29, 0.717) is 11.4 Å². The van der Waals surface area contributed by atoms with Gasteiger partial charge in [-0.25, -0.2) is 4.39 Å². The number of rotatable bonds is 2. The van der Waals surface area contributed by atoms with Gasteiger partial charge in [-0.1, -0.05) is 18.5 Å². The lowest BCUT2D eigenvalue weighted by atomic mass is 10.1. The molecule has 0 aliphatic carbocycles. The monoisotopic (exact) mass is 270 g/mol. The number of hydrogen-bond donors (Lipinski definition) is 1. The number of nitrogens with one attached hydrogen (secondary N) is 1. The third kappa shape index (κ3) is 2.31. The van der Waals surface area contributed by atoms with E-state index in [0.717, 1.165) is 4.90 Å². The Hall–Kier alpha value is -1.62. The molecule has 1 N–H and O–H groups in total. The number of amides is 2. The number of hydrogen-bond acceptors (Lipinski definition) is 2. The smallest absolute Gasteiger partial charge is 0.250 e. The molecule has 0 bridgehead atoms. The van der Waals surface area contributed by atoms with Gasteiger partial charge in [0.15, 0.2) is 0 Å². The molecule has 1 saturated heterocycles. The van der Waals surface area contributed by atoms with Crippen molar-refractivity contribution in [1.82, 2.24) is 5.32 Å². The largest absolute Gasteiger partial charge is 0.343 e. The van der Waals surface area contributed by atoms with Gasteiger partial charge in [0.2, 0.25) is 11.8 Å². The molecular formula is C12H12ClFN2O2. The molecule has 0 saturated carbocycles. The molecule has 1 unspecified atom stereocenters. The van der Waals surface area contributed by atoms with E-state index in [1.54, 1.807) is 6.92 Å². The number of carbonyl (C=O) groups is 2. The number of carbonyl (C=O) groups excluding carboxylic acids is 2. The molecule has 1 aromatic carbocycles. The summed E-state index contributed by atoms with van der Waals surface area (Å²) in [7, 11) is 0. The van der Waals surface area contributed by atoms with Crippen LogP contribution in [0.1, 0.15) is 13.3 Å². The zero-order chi connectivity index (χ0) is 13.3. The van der Waals surface area contributed by atoms with Crippen molar-refractivity contribution in [2.45, 2.75) is 19.4 Å². The van der Waals surface area contributed by atoms with Crippen LogP contribution in [0.3, 0.4) is 0 Å². The van der Waals surface area contributed by atoms with Crippen molar-refractivity contribution in [2.75, 3.05) is 11.4 Å². The molecule has 1 aliphatic rings. The minimum Gasteiger partial charge on any atom is -0.343 e. The standard InChI is InChI=1S/C12H12ClFN2O2/c1-2-9-12(18)16(6-11(17)15-9)10-5-7(13)3-4-8(10)14/h3-5,9H,2,6H2,1H3,(H,15,17). The molecule has 6 heteroatoms. The first kappa shape index (κ1) is 12.8. The second-order valence-electron chi connectivity index (χ2n) is 4.05. The number of benzene rings is 1. The zero-order valence-electron chi connectivity index (χ0n) is 9.74. The number of nitrogens with zero attached hydrogens (tertiary/aromatic N) is 1. The van der Waals surface area contributed by atoms with Gasteiger partial charge in [0, 0.05) is 5.02 Å². The Balaban J connectivity index is 2.39. The summed E-state index contributed by atoms with van der Waals surface area (Å²) in [5.74, 6) is -1.20. The van der Waals surface area contributed by atoms with Crippen molar-refractivity contribution < 1.29 is 14.0 Å². The normalized spacial score (nSPS) is 19.9. The highest BCUT2D eigenvalue weighted by molar-refractivity contribution is 6.31. The van der Waals surface area contributed by atoms with Crippen LogP contribution in [0.15, 0.2) is 18.2 Å². The first-order chi connectivity index (χ1) is 8.52. The van der Waals surface area contributed by atoms with Crippen LogP contribution < -0.4 is 10.2 Å². The van der Waals surface area contributed by atoms with Crippen LogP contribution in [0.2, 0.25) is 5.02 Å². The maximum atomic E-state index is 13.7. The summed E-state index contributed by atoms with van der Waals surface area (Å²) in [6, 6.07) is 3.31. The van der Waals surface area contributed by atoms with Crippen molar-refractivity contribution in [1.29, 1.82) is 0 Å². The third-order valence-electron chi connectivity index (χ3n) is 2.81. The maximum Gasteiger partial charge on any atom is 0.250 e. The molecule has 1 fully saturated rings. The number of anilines is 1. The van der Waals surface area contributed by atoms with E-state index in [1.807, 2.05) is 0 Å². The lowest BCUT2D eigenvalue weighted by molar-refractivity contribution is -0.131. The molecule has 2 rings (SSSR count). The SMILES string of the molecule is CCC1NC(=O)CN(c2cc(Cl)ccc2F)C1=O. The number of piperazine rings is 1. The minimum atomic E-state index is -0.607. The fraction of sp³-hybridized carbons (Fsp3) is 0.333. The fourth-order valence-corrected chi connectivity index (χ4v) is 2.05. The highest BCUT2D eigenvalue weighted by Gasteiger charge is 2.33. The van der Waals surface area contributed by atoms with Gasteiger partial charge in [-0.05, 0) is 24.6 Å². The summed E-state index contributed by atoms with van der Waals surface area (Å²) in [6.07, 6.45) is 0.462. The Morgan fingerprint density at radius 1 is 1.50 bits per heavy atom. The fourth-order valence-electron chi connectivity index (χ4n) is 1.88. The molecule has 1 heterocycles. The van der Waals surface area contributed by atoms with Gasteiger partial charge in [0.05, 0.1) is 5.69 Å². The molecule has 18 heavy (non-hydrogen) atoms. The molecule has 0 aromatic heterocycles. The van der Waals surface area contributed by atoms with Gasteiger partial charge in [-0.2, -0.15) is 0 Å². The summed E-state index contributed by atoms with van der Waals surface area (Å²) < 4.78 is 13.7. The summed E-state index contributed by atoms with van der Waals surface area (Å²) >= 11 is 5.79. The van der Waals surface area contributed by atoms with Gasteiger partial charge in [-0.15, -0.1) is 0 Å². The van der Waals surface area contributed by atoms with E-state index < -0.39 is 11.9 Å². The van der Waals surface area contributed by atoms with Crippen molar-refractivity contribution in [3.05, 3.63) is 29.0 Å².